The van der Waals surface area contributed by atoms with Gasteiger partial charge in [-0.15, -0.1) is 10.2 Å². The number of ether oxygens (including phenoxy) is 1. The van der Waals surface area contributed by atoms with E-state index in [1.165, 1.54) is 5.56 Å². The molecule has 0 saturated carbocycles. The third-order valence-corrected chi connectivity index (χ3v) is 3.35. The number of aromatic nitrogens is 3. The van der Waals surface area contributed by atoms with E-state index < -0.39 is 5.97 Å². The van der Waals surface area contributed by atoms with E-state index in [2.05, 4.69) is 23.2 Å². The Bertz CT molecular complexity index is 619. The van der Waals surface area contributed by atoms with Gasteiger partial charge < -0.3 is 4.74 Å². The molecule has 2 rings (SSSR count). The van der Waals surface area contributed by atoms with Crippen molar-refractivity contribution < 1.29 is 9.53 Å². The van der Waals surface area contributed by atoms with Crippen molar-refractivity contribution in [1.82, 2.24) is 14.8 Å². The molecule has 2 aromatic rings. The SMILES string of the molecule is CCOC(=O)c1nnc(C)n1C(C)c1ccccc1C. The van der Waals surface area contributed by atoms with Crippen LogP contribution in [-0.2, 0) is 4.74 Å². The number of benzene rings is 1. The van der Waals surface area contributed by atoms with E-state index in [4.69, 9.17) is 4.74 Å². The molecule has 0 fully saturated rings. The van der Waals surface area contributed by atoms with E-state index in [1.807, 2.05) is 36.6 Å². The first-order valence-electron chi connectivity index (χ1n) is 6.70. The Morgan fingerprint density at radius 3 is 2.65 bits per heavy atom. The number of carbonyl (C=O) groups is 1. The number of esters is 1. The zero-order valence-electron chi connectivity index (χ0n) is 12.3. The lowest BCUT2D eigenvalue weighted by Gasteiger charge is -2.18. The van der Waals surface area contributed by atoms with Gasteiger partial charge in [-0.05, 0) is 38.8 Å². The smallest absolute Gasteiger partial charge is 0.376 e. The second-order valence-corrected chi connectivity index (χ2v) is 4.69. The van der Waals surface area contributed by atoms with Crippen LogP contribution in [0, 0.1) is 13.8 Å². The molecule has 0 spiro atoms. The van der Waals surface area contributed by atoms with Crippen molar-refractivity contribution in [3.63, 3.8) is 0 Å². The quantitative estimate of drug-likeness (QED) is 0.804. The first-order chi connectivity index (χ1) is 9.56. The summed E-state index contributed by atoms with van der Waals surface area (Å²) in [6.07, 6.45) is 0. The van der Waals surface area contributed by atoms with Gasteiger partial charge in [0.25, 0.3) is 0 Å². The minimum Gasteiger partial charge on any atom is -0.460 e. The van der Waals surface area contributed by atoms with E-state index >= 15 is 0 Å². The van der Waals surface area contributed by atoms with Crippen molar-refractivity contribution in [3.8, 4) is 0 Å². The third kappa shape index (κ3) is 2.57. The monoisotopic (exact) mass is 273 g/mol. The van der Waals surface area contributed by atoms with Crippen molar-refractivity contribution in [1.29, 1.82) is 0 Å². The number of nitrogens with zero attached hydrogens (tertiary/aromatic N) is 3. The van der Waals surface area contributed by atoms with Crippen LogP contribution >= 0.6 is 0 Å². The summed E-state index contributed by atoms with van der Waals surface area (Å²) in [6.45, 7) is 8.02. The molecule has 0 aliphatic rings. The summed E-state index contributed by atoms with van der Waals surface area (Å²) in [7, 11) is 0. The molecule has 0 bridgehead atoms. The van der Waals surface area contributed by atoms with Crippen LogP contribution in [0.3, 0.4) is 0 Å². The fourth-order valence-corrected chi connectivity index (χ4v) is 2.36. The van der Waals surface area contributed by atoms with E-state index in [-0.39, 0.29) is 11.9 Å². The van der Waals surface area contributed by atoms with Crippen molar-refractivity contribution in [3.05, 3.63) is 47.0 Å². The highest BCUT2D eigenvalue weighted by atomic mass is 16.5. The van der Waals surface area contributed by atoms with Gasteiger partial charge in [0.15, 0.2) is 0 Å². The van der Waals surface area contributed by atoms with Gasteiger partial charge in [-0.3, -0.25) is 4.57 Å². The average molecular weight is 273 g/mol. The standard InChI is InChI=1S/C15H19N3O2/c1-5-20-15(19)14-17-16-12(4)18(14)11(3)13-9-7-6-8-10(13)2/h6-9,11H,5H2,1-4H3. The van der Waals surface area contributed by atoms with Gasteiger partial charge in [0.05, 0.1) is 12.6 Å². The van der Waals surface area contributed by atoms with Crippen LogP contribution < -0.4 is 0 Å². The lowest BCUT2D eigenvalue weighted by Crippen LogP contribution is -2.18. The molecule has 1 aromatic carbocycles. The summed E-state index contributed by atoms with van der Waals surface area (Å²) in [5.41, 5.74) is 2.31. The zero-order chi connectivity index (χ0) is 14.7. The molecule has 106 valence electrons. The zero-order valence-corrected chi connectivity index (χ0v) is 12.3. The predicted molar refractivity (Wildman–Crippen MR) is 75.7 cm³/mol. The molecule has 5 heteroatoms. The third-order valence-electron chi connectivity index (χ3n) is 3.35. The average Bonchev–Trinajstić information content (AvgIpc) is 2.81. The normalized spacial score (nSPS) is 12.2. The molecule has 1 unspecified atom stereocenters. The van der Waals surface area contributed by atoms with Crippen LogP contribution in [0.15, 0.2) is 24.3 Å². The maximum Gasteiger partial charge on any atom is 0.376 e. The number of carbonyl (C=O) groups excluding carboxylic acids is 1. The van der Waals surface area contributed by atoms with E-state index in [0.29, 0.717) is 12.4 Å². The molecule has 5 nitrogen and oxygen atoms in total. The lowest BCUT2D eigenvalue weighted by atomic mass is 10.0. The number of hydrogen-bond donors (Lipinski definition) is 0. The topological polar surface area (TPSA) is 57.0 Å². The minimum atomic E-state index is -0.437. The van der Waals surface area contributed by atoms with Gasteiger partial charge >= 0.3 is 5.97 Å². The van der Waals surface area contributed by atoms with Crippen molar-refractivity contribution in [2.24, 2.45) is 0 Å². The van der Waals surface area contributed by atoms with E-state index in [9.17, 15) is 4.79 Å². The van der Waals surface area contributed by atoms with Gasteiger partial charge in [0, 0.05) is 0 Å². The fourth-order valence-electron chi connectivity index (χ4n) is 2.36. The minimum absolute atomic E-state index is 0.0226. The largest absolute Gasteiger partial charge is 0.460 e. The van der Waals surface area contributed by atoms with Gasteiger partial charge in [0.2, 0.25) is 5.82 Å². The summed E-state index contributed by atoms with van der Waals surface area (Å²) in [5, 5.41) is 7.96. The first-order valence-corrected chi connectivity index (χ1v) is 6.70. The summed E-state index contributed by atoms with van der Waals surface area (Å²) in [5.74, 6) is 0.512. The molecule has 1 atom stereocenters. The van der Waals surface area contributed by atoms with E-state index in [1.54, 1.807) is 6.92 Å². The fraction of sp³-hybridized carbons (Fsp3) is 0.400. The molecular formula is C15H19N3O2. The summed E-state index contributed by atoms with van der Waals surface area (Å²) in [6, 6.07) is 8.06. The van der Waals surface area contributed by atoms with Crippen LogP contribution in [0.4, 0.5) is 0 Å². The Morgan fingerprint density at radius 2 is 2.00 bits per heavy atom. The molecule has 1 aromatic heterocycles. The Morgan fingerprint density at radius 1 is 1.30 bits per heavy atom. The van der Waals surface area contributed by atoms with Gasteiger partial charge in [0.1, 0.15) is 5.82 Å². The van der Waals surface area contributed by atoms with E-state index in [0.717, 1.165) is 5.56 Å². The van der Waals surface area contributed by atoms with Crippen molar-refractivity contribution >= 4 is 5.97 Å². The second-order valence-electron chi connectivity index (χ2n) is 4.69. The summed E-state index contributed by atoms with van der Waals surface area (Å²) < 4.78 is 6.86. The highest BCUT2D eigenvalue weighted by Gasteiger charge is 2.23. The lowest BCUT2D eigenvalue weighted by molar-refractivity contribution is 0.0504. The Balaban J connectivity index is 2.45. The predicted octanol–water partition coefficient (Wildman–Crippen LogP) is 2.68. The van der Waals surface area contributed by atoms with Gasteiger partial charge in [-0.25, -0.2) is 4.79 Å². The number of aryl methyl sites for hydroxylation is 2. The first kappa shape index (κ1) is 14.2. The van der Waals surface area contributed by atoms with Crippen LogP contribution in [-0.4, -0.2) is 27.3 Å². The van der Waals surface area contributed by atoms with Crippen LogP contribution in [0.25, 0.3) is 0 Å². The van der Waals surface area contributed by atoms with Gasteiger partial charge in [-0.2, -0.15) is 0 Å². The molecule has 0 aliphatic carbocycles. The van der Waals surface area contributed by atoms with Crippen molar-refractivity contribution in [2.45, 2.75) is 33.7 Å². The maximum absolute atomic E-state index is 12.0. The Kier molecular flexibility index (Phi) is 4.17. The maximum atomic E-state index is 12.0. The molecule has 0 saturated heterocycles. The highest BCUT2D eigenvalue weighted by Crippen LogP contribution is 2.23. The number of rotatable bonds is 4. The molecule has 0 radical (unpaired) electrons. The molecule has 0 N–H and O–H groups in total. The van der Waals surface area contributed by atoms with Gasteiger partial charge in [-0.1, -0.05) is 24.3 Å². The van der Waals surface area contributed by atoms with Crippen LogP contribution in [0.2, 0.25) is 0 Å². The van der Waals surface area contributed by atoms with Crippen LogP contribution in [0.1, 0.15) is 47.5 Å². The molecule has 0 amide bonds. The second kappa shape index (κ2) is 5.86. The number of hydrogen-bond acceptors (Lipinski definition) is 4. The molecule has 0 aliphatic heterocycles. The Labute approximate surface area is 118 Å². The highest BCUT2D eigenvalue weighted by molar-refractivity contribution is 5.85. The Hall–Kier alpha value is -2.17. The molecular weight excluding hydrogens is 254 g/mol. The molecule has 20 heavy (non-hydrogen) atoms. The molecule has 1 heterocycles. The van der Waals surface area contributed by atoms with Crippen molar-refractivity contribution in [2.75, 3.05) is 6.61 Å². The van der Waals surface area contributed by atoms with Crippen LogP contribution in [0.5, 0.6) is 0 Å². The summed E-state index contributed by atoms with van der Waals surface area (Å²) >= 11 is 0. The summed E-state index contributed by atoms with van der Waals surface area (Å²) in [4.78, 5) is 12.0.